The van der Waals surface area contributed by atoms with Crippen LogP contribution in [0.4, 0.5) is 0 Å². The minimum atomic E-state index is -0.344. The van der Waals surface area contributed by atoms with Crippen molar-refractivity contribution in [2.75, 3.05) is 26.2 Å². The van der Waals surface area contributed by atoms with Gasteiger partial charge in [-0.25, -0.2) is 0 Å². The van der Waals surface area contributed by atoms with E-state index in [9.17, 15) is 9.59 Å². The smallest absolute Gasteiger partial charge is 0.242 e. The van der Waals surface area contributed by atoms with E-state index < -0.39 is 0 Å². The van der Waals surface area contributed by atoms with Gasteiger partial charge in [-0.05, 0) is 12.8 Å². The van der Waals surface area contributed by atoms with Crippen molar-refractivity contribution in [3.05, 3.63) is 0 Å². The first-order chi connectivity index (χ1) is 7.19. The Balaban J connectivity index is 2.36. The van der Waals surface area contributed by atoms with E-state index in [1.54, 1.807) is 4.90 Å². The molecule has 0 radical (unpaired) electrons. The van der Waals surface area contributed by atoms with Crippen LogP contribution < -0.4 is 11.1 Å². The van der Waals surface area contributed by atoms with Crippen molar-refractivity contribution in [3.8, 4) is 0 Å². The summed E-state index contributed by atoms with van der Waals surface area (Å²) in [6, 6.07) is -0.0905. The topological polar surface area (TPSA) is 95.7 Å². The molecular weight excluding hydrogens is 198 g/mol. The van der Waals surface area contributed by atoms with Crippen LogP contribution in [0.3, 0.4) is 0 Å². The van der Waals surface area contributed by atoms with Gasteiger partial charge in [-0.1, -0.05) is 0 Å². The molecule has 0 saturated carbocycles. The number of aliphatic hydroxyl groups excluding tert-OH is 1. The molecule has 1 aliphatic heterocycles. The Morgan fingerprint density at radius 1 is 1.53 bits per heavy atom. The van der Waals surface area contributed by atoms with E-state index in [2.05, 4.69) is 5.32 Å². The van der Waals surface area contributed by atoms with Crippen molar-refractivity contribution in [2.24, 2.45) is 5.73 Å². The number of aliphatic hydroxyl groups is 1. The predicted molar refractivity (Wildman–Crippen MR) is 53.9 cm³/mol. The van der Waals surface area contributed by atoms with Crippen molar-refractivity contribution in [1.29, 1.82) is 0 Å². The average Bonchev–Trinajstić information content (AvgIpc) is 2.73. The van der Waals surface area contributed by atoms with Gasteiger partial charge in [0, 0.05) is 6.54 Å². The zero-order valence-electron chi connectivity index (χ0n) is 8.61. The summed E-state index contributed by atoms with van der Waals surface area (Å²) >= 11 is 0. The Bertz CT molecular complexity index is 245. The van der Waals surface area contributed by atoms with Gasteiger partial charge in [-0.15, -0.1) is 0 Å². The summed E-state index contributed by atoms with van der Waals surface area (Å²) in [5, 5.41) is 11.4. The number of carbonyl (C=O) groups is 2. The van der Waals surface area contributed by atoms with E-state index >= 15 is 0 Å². The molecule has 0 aromatic heterocycles. The molecule has 0 aromatic rings. The van der Waals surface area contributed by atoms with Crippen molar-refractivity contribution in [1.82, 2.24) is 10.2 Å². The molecule has 1 heterocycles. The van der Waals surface area contributed by atoms with E-state index in [4.69, 9.17) is 10.8 Å². The van der Waals surface area contributed by atoms with Crippen LogP contribution in [0.5, 0.6) is 0 Å². The number of likely N-dealkylation sites (tertiary alicyclic amines) is 1. The monoisotopic (exact) mass is 215 g/mol. The highest BCUT2D eigenvalue weighted by Gasteiger charge is 2.27. The first-order valence-electron chi connectivity index (χ1n) is 5.06. The van der Waals surface area contributed by atoms with Crippen LogP contribution in [0.15, 0.2) is 0 Å². The van der Waals surface area contributed by atoms with Crippen LogP contribution in [-0.4, -0.2) is 54.1 Å². The van der Waals surface area contributed by atoms with E-state index in [-0.39, 0.29) is 37.6 Å². The summed E-state index contributed by atoms with van der Waals surface area (Å²) in [5.74, 6) is -0.503. The fraction of sp³-hybridized carbons (Fsp3) is 0.778. The van der Waals surface area contributed by atoms with Gasteiger partial charge in [0.2, 0.25) is 11.8 Å². The van der Waals surface area contributed by atoms with Gasteiger partial charge in [0.25, 0.3) is 0 Å². The normalized spacial score (nSPS) is 20.4. The van der Waals surface area contributed by atoms with Crippen LogP contribution >= 0.6 is 0 Å². The lowest BCUT2D eigenvalue weighted by Gasteiger charge is -2.22. The van der Waals surface area contributed by atoms with Crippen LogP contribution in [0.25, 0.3) is 0 Å². The quantitative estimate of drug-likeness (QED) is 0.507. The molecule has 1 fully saturated rings. The van der Waals surface area contributed by atoms with Gasteiger partial charge in [-0.2, -0.15) is 0 Å². The third-order valence-corrected chi connectivity index (χ3v) is 2.53. The number of hydrogen-bond acceptors (Lipinski definition) is 4. The lowest BCUT2D eigenvalue weighted by atomic mass is 10.2. The Morgan fingerprint density at radius 2 is 2.27 bits per heavy atom. The van der Waals surface area contributed by atoms with Gasteiger partial charge in [-0.3, -0.25) is 9.59 Å². The Labute approximate surface area is 88.4 Å². The third kappa shape index (κ3) is 3.17. The molecule has 4 N–H and O–H groups in total. The van der Waals surface area contributed by atoms with Gasteiger partial charge in [0.05, 0.1) is 25.7 Å². The number of rotatable bonds is 4. The third-order valence-electron chi connectivity index (χ3n) is 2.53. The SMILES string of the molecule is NCC(=O)NCC(=O)N1CCC[C@H]1CO. The van der Waals surface area contributed by atoms with Crippen molar-refractivity contribution in [3.63, 3.8) is 0 Å². The second kappa shape index (κ2) is 5.67. The molecule has 2 amide bonds. The molecule has 6 heteroatoms. The minimum Gasteiger partial charge on any atom is -0.394 e. The number of carbonyl (C=O) groups excluding carboxylic acids is 2. The number of nitrogens with two attached hydrogens (primary N) is 1. The lowest BCUT2D eigenvalue weighted by Crippen LogP contribution is -2.44. The lowest BCUT2D eigenvalue weighted by molar-refractivity contribution is -0.133. The largest absolute Gasteiger partial charge is 0.394 e. The minimum absolute atomic E-state index is 0.0173. The highest BCUT2D eigenvalue weighted by molar-refractivity contribution is 5.85. The summed E-state index contributed by atoms with van der Waals surface area (Å²) in [6.45, 7) is 0.488. The maximum atomic E-state index is 11.6. The first-order valence-corrected chi connectivity index (χ1v) is 5.06. The highest BCUT2D eigenvalue weighted by atomic mass is 16.3. The van der Waals surface area contributed by atoms with Gasteiger partial charge in [0.15, 0.2) is 0 Å². The number of amides is 2. The molecule has 1 rings (SSSR count). The maximum Gasteiger partial charge on any atom is 0.242 e. The van der Waals surface area contributed by atoms with Crippen LogP contribution in [0.2, 0.25) is 0 Å². The molecule has 15 heavy (non-hydrogen) atoms. The predicted octanol–water partition coefficient (Wildman–Crippen LogP) is -1.96. The zero-order valence-corrected chi connectivity index (χ0v) is 8.61. The molecule has 0 spiro atoms. The highest BCUT2D eigenvalue weighted by Crippen LogP contribution is 2.16. The summed E-state index contributed by atoms with van der Waals surface area (Å²) < 4.78 is 0. The molecule has 6 nitrogen and oxygen atoms in total. The van der Waals surface area contributed by atoms with Gasteiger partial charge >= 0.3 is 0 Å². The second-order valence-electron chi connectivity index (χ2n) is 3.55. The second-order valence-corrected chi connectivity index (χ2v) is 3.55. The molecule has 1 saturated heterocycles. The fourth-order valence-electron chi connectivity index (χ4n) is 1.70. The molecule has 0 bridgehead atoms. The van der Waals surface area contributed by atoms with Crippen LogP contribution in [0.1, 0.15) is 12.8 Å². The van der Waals surface area contributed by atoms with E-state index in [1.165, 1.54) is 0 Å². The number of hydrogen-bond donors (Lipinski definition) is 3. The first kappa shape index (κ1) is 11.9. The van der Waals surface area contributed by atoms with E-state index in [0.717, 1.165) is 12.8 Å². The molecule has 1 atom stereocenters. The van der Waals surface area contributed by atoms with Gasteiger partial charge in [0.1, 0.15) is 0 Å². The molecule has 0 aliphatic carbocycles. The molecule has 0 aromatic carbocycles. The maximum absolute atomic E-state index is 11.6. The average molecular weight is 215 g/mol. The summed E-state index contributed by atoms with van der Waals surface area (Å²) in [6.07, 6.45) is 1.73. The summed E-state index contributed by atoms with van der Waals surface area (Å²) in [7, 11) is 0. The zero-order chi connectivity index (χ0) is 11.3. The van der Waals surface area contributed by atoms with Crippen molar-refractivity contribution >= 4 is 11.8 Å². The van der Waals surface area contributed by atoms with Crippen molar-refractivity contribution < 1.29 is 14.7 Å². The molecule has 86 valence electrons. The number of nitrogens with zero attached hydrogens (tertiary/aromatic N) is 1. The van der Waals surface area contributed by atoms with Crippen molar-refractivity contribution in [2.45, 2.75) is 18.9 Å². The van der Waals surface area contributed by atoms with Crippen LogP contribution in [-0.2, 0) is 9.59 Å². The Hall–Kier alpha value is -1.14. The number of nitrogens with one attached hydrogen (secondary N) is 1. The molecule has 1 aliphatic rings. The van der Waals surface area contributed by atoms with E-state index in [1.807, 2.05) is 0 Å². The Morgan fingerprint density at radius 3 is 2.87 bits per heavy atom. The van der Waals surface area contributed by atoms with Crippen LogP contribution in [0, 0.1) is 0 Å². The molecule has 0 unspecified atom stereocenters. The Kier molecular flexibility index (Phi) is 4.51. The summed E-state index contributed by atoms with van der Waals surface area (Å²) in [4.78, 5) is 24.0. The fourth-order valence-corrected chi connectivity index (χ4v) is 1.70. The van der Waals surface area contributed by atoms with Gasteiger partial charge < -0.3 is 21.1 Å². The summed E-state index contributed by atoms with van der Waals surface area (Å²) in [5.41, 5.74) is 5.09. The molecular formula is C9H17N3O3. The standard InChI is InChI=1S/C9H17N3O3/c10-4-8(14)11-5-9(15)12-3-1-2-7(12)6-13/h7,13H,1-6,10H2,(H,11,14)/t7-/m0/s1. The van der Waals surface area contributed by atoms with E-state index in [0.29, 0.717) is 6.54 Å².